The van der Waals surface area contributed by atoms with Crippen molar-refractivity contribution in [2.75, 3.05) is 12.4 Å². The minimum atomic E-state index is -1.47. The monoisotopic (exact) mass is 320 g/mol. The maximum atomic E-state index is 13.8. The maximum absolute atomic E-state index is 13.8. The lowest BCUT2D eigenvalue weighted by Crippen LogP contribution is -2.31. The van der Waals surface area contributed by atoms with Gasteiger partial charge in [-0.25, -0.2) is 4.39 Å². The van der Waals surface area contributed by atoms with E-state index in [2.05, 4.69) is 5.32 Å². The number of halogens is 3. The number of alkyl halides is 1. The highest BCUT2D eigenvalue weighted by Crippen LogP contribution is 2.23. The summed E-state index contributed by atoms with van der Waals surface area (Å²) in [6.45, 7) is 2.10. The molecule has 1 rings (SSSR count). The van der Waals surface area contributed by atoms with Crippen LogP contribution in [-0.2, 0) is 0 Å². The van der Waals surface area contributed by atoms with Gasteiger partial charge in [0.05, 0.1) is 4.92 Å². The number of benzene rings is 1. The fraction of sp³-hybridized carbons (Fsp3) is 0.462. The average Bonchev–Trinajstić information content (AvgIpc) is 2.43. The van der Waals surface area contributed by atoms with Gasteiger partial charge in [0.1, 0.15) is 11.4 Å². The van der Waals surface area contributed by atoms with Crippen molar-refractivity contribution in [1.29, 1.82) is 0 Å². The Balaban J connectivity index is 2.92. The van der Waals surface area contributed by atoms with Gasteiger partial charge in [0.15, 0.2) is 0 Å². The fourth-order valence-corrected chi connectivity index (χ4v) is 2.13. The lowest BCUT2D eigenvalue weighted by Gasteiger charge is -2.14. The number of hydrogen-bond acceptors (Lipinski definition) is 3. The normalized spacial score (nSPS) is 12.0. The van der Waals surface area contributed by atoms with Crippen molar-refractivity contribution >= 4 is 23.2 Å². The molecule has 1 unspecified atom stereocenters. The van der Waals surface area contributed by atoms with Gasteiger partial charge in [0.25, 0.3) is 5.91 Å². The van der Waals surface area contributed by atoms with E-state index >= 15 is 0 Å². The second-order valence-corrected chi connectivity index (χ2v) is 4.85. The summed E-state index contributed by atoms with van der Waals surface area (Å²) in [6, 6.07) is 1.38. The van der Waals surface area contributed by atoms with E-state index in [9.17, 15) is 23.7 Å². The standard InChI is InChI=1S/C13H15ClF2N2O3/c1-2-8(5-6-14)7-17-13(19)11-9(15)3-4-10(12(11)16)18(20)21/h3-4,8H,2,5-7H2,1H3,(H,17,19). The first-order chi connectivity index (χ1) is 9.92. The van der Waals surface area contributed by atoms with E-state index in [1.807, 2.05) is 6.92 Å². The minimum absolute atomic E-state index is 0.0799. The van der Waals surface area contributed by atoms with Crippen LogP contribution >= 0.6 is 11.6 Å². The molecule has 0 fully saturated rings. The fourth-order valence-electron chi connectivity index (χ4n) is 1.82. The summed E-state index contributed by atoms with van der Waals surface area (Å²) < 4.78 is 27.4. The molecule has 0 saturated heterocycles. The summed E-state index contributed by atoms with van der Waals surface area (Å²) in [6.07, 6.45) is 1.39. The predicted octanol–water partition coefficient (Wildman–Crippen LogP) is 3.26. The largest absolute Gasteiger partial charge is 0.352 e. The van der Waals surface area contributed by atoms with Crippen LogP contribution < -0.4 is 5.32 Å². The van der Waals surface area contributed by atoms with E-state index < -0.39 is 33.7 Å². The Bertz CT molecular complexity index is 540. The molecule has 1 aromatic rings. The molecule has 21 heavy (non-hydrogen) atoms. The smallest absolute Gasteiger partial charge is 0.305 e. The number of carbonyl (C=O) groups is 1. The van der Waals surface area contributed by atoms with E-state index in [4.69, 9.17) is 11.6 Å². The van der Waals surface area contributed by atoms with Gasteiger partial charge >= 0.3 is 5.69 Å². The quantitative estimate of drug-likeness (QED) is 0.476. The molecule has 0 aliphatic carbocycles. The van der Waals surface area contributed by atoms with Gasteiger partial charge < -0.3 is 5.32 Å². The summed E-state index contributed by atoms with van der Waals surface area (Å²) in [5.74, 6) is -3.13. The van der Waals surface area contributed by atoms with Crippen molar-refractivity contribution < 1.29 is 18.5 Å². The summed E-state index contributed by atoms with van der Waals surface area (Å²) in [4.78, 5) is 21.4. The van der Waals surface area contributed by atoms with Crippen molar-refractivity contribution in [3.63, 3.8) is 0 Å². The van der Waals surface area contributed by atoms with Gasteiger partial charge in [-0.3, -0.25) is 14.9 Å². The molecular weight excluding hydrogens is 306 g/mol. The number of amides is 1. The molecule has 1 N–H and O–H groups in total. The third-order valence-electron chi connectivity index (χ3n) is 3.14. The second-order valence-electron chi connectivity index (χ2n) is 4.47. The van der Waals surface area contributed by atoms with Crippen LogP contribution in [0.4, 0.5) is 14.5 Å². The van der Waals surface area contributed by atoms with Crippen molar-refractivity contribution in [2.24, 2.45) is 5.92 Å². The Hall–Kier alpha value is -1.76. The Kier molecular flexibility index (Phi) is 6.48. The van der Waals surface area contributed by atoms with Crippen molar-refractivity contribution in [3.05, 3.63) is 39.4 Å². The molecule has 1 atom stereocenters. The lowest BCUT2D eigenvalue weighted by atomic mass is 10.0. The minimum Gasteiger partial charge on any atom is -0.352 e. The number of nitrogens with one attached hydrogen (secondary N) is 1. The topological polar surface area (TPSA) is 72.2 Å². The van der Waals surface area contributed by atoms with Gasteiger partial charge in [0.2, 0.25) is 5.82 Å². The lowest BCUT2D eigenvalue weighted by molar-refractivity contribution is -0.387. The van der Waals surface area contributed by atoms with E-state index in [-0.39, 0.29) is 12.5 Å². The van der Waals surface area contributed by atoms with Crippen molar-refractivity contribution in [2.45, 2.75) is 19.8 Å². The SMILES string of the molecule is CCC(CCCl)CNC(=O)c1c(F)ccc([N+](=O)[O-])c1F. The molecular formula is C13H15ClF2N2O3. The molecule has 0 aliphatic heterocycles. The summed E-state index contributed by atoms with van der Waals surface area (Å²) in [7, 11) is 0. The molecule has 1 amide bonds. The summed E-state index contributed by atoms with van der Waals surface area (Å²) >= 11 is 5.61. The van der Waals surface area contributed by atoms with Gasteiger partial charge in [-0.15, -0.1) is 11.6 Å². The number of carbonyl (C=O) groups excluding carboxylic acids is 1. The molecule has 0 aliphatic rings. The molecule has 0 bridgehead atoms. The molecule has 1 aromatic carbocycles. The van der Waals surface area contributed by atoms with Crippen LogP contribution in [0.1, 0.15) is 30.1 Å². The highest BCUT2D eigenvalue weighted by atomic mass is 35.5. The number of nitro benzene ring substituents is 1. The van der Waals surface area contributed by atoms with Crippen molar-refractivity contribution in [1.82, 2.24) is 5.32 Å². The average molecular weight is 321 g/mol. The molecule has 8 heteroatoms. The van der Waals surface area contributed by atoms with E-state index in [0.717, 1.165) is 6.42 Å². The van der Waals surface area contributed by atoms with Crippen molar-refractivity contribution in [3.8, 4) is 0 Å². The first-order valence-electron chi connectivity index (χ1n) is 6.38. The third-order valence-corrected chi connectivity index (χ3v) is 3.36. The zero-order valence-corrected chi connectivity index (χ0v) is 12.1. The van der Waals surface area contributed by atoms with Crippen LogP contribution in [0.2, 0.25) is 0 Å². The molecule has 116 valence electrons. The van der Waals surface area contributed by atoms with Gasteiger partial charge in [-0.1, -0.05) is 13.3 Å². The van der Waals surface area contributed by atoms with Crippen LogP contribution in [0.3, 0.4) is 0 Å². The van der Waals surface area contributed by atoms with Crippen LogP contribution in [0, 0.1) is 27.7 Å². The van der Waals surface area contributed by atoms with Gasteiger partial charge in [0, 0.05) is 18.5 Å². The molecule has 0 heterocycles. The van der Waals surface area contributed by atoms with Gasteiger partial charge in [-0.2, -0.15) is 4.39 Å². The zero-order valence-electron chi connectivity index (χ0n) is 11.4. The molecule has 0 spiro atoms. The number of nitrogens with zero attached hydrogens (tertiary/aromatic N) is 1. The predicted molar refractivity (Wildman–Crippen MR) is 74.5 cm³/mol. The van der Waals surface area contributed by atoms with E-state index in [1.54, 1.807) is 0 Å². The Labute approximate surface area is 125 Å². The Morgan fingerprint density at radius 2 is 2.14 bits per heavy atom. The first kappa shape index (κ1) is 17.3. The highest BCUT2D eigenvalue weighted by molar-refractivity contribution is 6.17. The van der Waals surface area contributed by atoms with E-state index in [1.165, 1.54) is 0 Å². The second kappa shape index (κ2) is 7.87. The first-order valence-corrected chi connectivity index (χ1v) is 6.92. The van der Waals surface area contributed by atoms with E-state index in [0.29, 0.717) is 24.4 Å². The third kappa shape index (κ3) is 4.35. The van der Waals surface area contributed by atoms with Crippen LogP contribution in [-0.4, -0.2) is 23.3 Å². The summed E-state index contributed by atoms with van der Waals surface area (Å²) in [5, 5.41) is 13.0. The van der Waals surface area contributed by atoms with Crippen LogP contribution in [0.15, 0.2) is 12.1 Å². The molecule has 0 radical (unpaired) electrons. The number of nitro groups is 1. The van der Waals surface area contributed by atoms with Crippen LogP contribution in [0.25, 0.3) is 0 Å². The molecule has 0 aromatic heterocycles. The highest BCUT2D eigenvalue weighted by Gasteiger charge is 2.26. The number of rotatable bonds is 7. The molecule has 0 saturated carbocycles. The number of hydrogen-bond donors (Lipinski definition) is 1. The van der Waals surface area contributed by atoms with Crippen LogP contribution in [0.5, 0.6) is 0 Å². The Morgan fingerprint density at radius 1 is 1.48 bits per heavy atom. The van der Waals surface area contributed by atoms with Gasteiger partial charge in [-0.05, 0) is 18.4 Å². The summed E-state index contributed by atoms with van der Waals surface area (Å²) in [5.41, 5.74) is -1.88. The zero-order chi connectivity index (χ0) is 16.0. The molecule has 5 nitrogen and oxygen atoms in total. The maximum Gasteiger partial charge on any atom is 0.305 e. The Morgan fingerprint density at radius 3 is 2.67 bits per heavy atom.